The van der Waals surface area contributed by atoms with Gasteiger partial charge in [0.1, 0.15) is 21.4 Å². The Bertz CT molecular complexity index is 644. The Morgan fingerprint density at radius 2 is 1.82 bits per heavy atom. The minimum Gasteiger partial charge on any atom is -0.476 e. The fourth-order valence-electron chi connectivity index (χ4n) is 2.76. The first kappa shape index (κ1) is 15.2. The van der Waals surface area contributed by atoms with Gasteiger partial charge in [-0.3, -0.25) is 5.01 Å². The number of hydrogen-bond donors (Lipinski definition) is 1. The van der Waals surface area contributed by atoms with E-state index in [1.165, 1.54) is 0 Å². The molecule has 1 aliphatic heterocycles. The van der Waals surface area contributed by atoms with Crippen LogP contribution in [0, 0.1) is 0 Å². The number of nitrogens with zero attached hydrogens (tertiary/aromatic N) is 2. The maximum absolute atomic E-state index is 12.7. The third-order valence-corrected chi connectivity index (χ3v) is 7.23. The van der Waals surface area contributed by atoms with Crippen LogP contribution in [-0.2, 0) is 18.9 Å². The summed E-state index contributed by atoms with van der Waals surface area (Å²) in [5.74, 6) is -1.03. The second-order valence-corrected chi connectivity index (χ2v) is 8.99. The Hall–Kier alpha value is -1.69. The largest absolute Gasteiger partial charge is 0.476 e. The fraction of sp³-hybridized carbons (Fsp3) is 0.500. The standard InChI is InChI=1S/C16H20N2O3S/c1-22(21,14-8-9-14)13-6-4-12(5-7-13)15(16(19)20)17-18-10-2-3-11-18/h4-7,14H,2-3,8-11H2,1H3/p+1/b17-15+. The lowest BCUT2D eigenvalue weighted by Gasteiger charge is -2.12. The molecule has 1 heterocycles. The topological polar surface area (TPSA) is 70.0 Å². The average molecular weight is 321 g/mol. The maximum atomic E-state index is 12.7. The van der Waals surface area contributed by atoms with Crippen LogP contribution >= 0.6 is 0 Å². The molecule has 1 unspecified atom stereocenters. The Balaban J connectivity index is 1.86. The van der Waals surface area contributed by atoms with Gasteiger partial charge in [-0.1, -0.05) is 4.21 Å². The maximum Gasteiger partial charge on any atom is 0.356 e. The molecule has 5 nitrogen and oxygen atoms in total. The SMILES string of the molecule is C[S+](=O)(c1ccc(/C(=N\N2CCCC2)C(=O)O)cc1)C1CC1. The number of carboxylic acids is 1. The Labute approximate surface area is 131 Å². The number of rotatable bonds is 5. The summed E-state index contributed by atoms with van der Waals surface area (Å²) in [6.45, 7) is 1.61. The first-order chi connectivity index (χ1) is 10.5. The molecule has 1 aromatic rings. The second kappa shape index (κ2) is 5.83. The first-order valence-electron chi connectivity index (χ1n) is 7.64. The van der Waals surface area contributed by atoms with Crippen molar-refractivity contribution in [2.24, 2.45) is 5.10 Å². The highest BCUT2D eigenvalue weighted by Crippen LogP contribution is 2.37. The van der Waals surface area contributed by atoms with Gasteiger partial charge in [-0.05, 0) is 49.9 Å². The summed E-state index contributed by atoms with van der Waals surface area (Å²) in [6.07, 6.45) is 5.95. The van der Waals surface area contributed by atoms with Crippen molar-refractivity contribution >= 4 is 21.6 Å². The zero-order valence-corrected chi connectivity index (χ0v) is 13.5. The fourth-order valence-corrected chi connectivity index (χ4v) is 4.86. The second-order valence-electron chi connectivity index (χ2n) is 6.04. The van der Waals surface area contributed by atoms with Gasteiger partial charge in [0.15, 0.2) is 10.6 Å². The van der Waals surface area contributed by atoms with Gasteiger partial charge in [0.25, 0.3) is 0 Å². The van der Waals surface area contributed by atoms with E-state index in [0.717, 1.165) is 43.7 Å². The van der Waals surface area contributed by atoms with E-state index in [0.29, 0.717) is 5.56 Å². The molecule has 2 aliphatic rings. The third kappa shape index (κ3) is 3.06. The van der Waals surface area contributed by atoms with Crippen LogP contribution in [0.1, 0.15) is 31.2 Å². The Morgan fingerprint density at radius 1 is 1.23 bits per heavy atom. The molecule has 0 bridgehead atoms. The lowest BCUT2D eigenvalue weighted by atomic mass is 10.1. The molecule has 22 heavy (non-hydrogen) atoms. The molecule has 1 saturated carbocycles. The molecule has 1 saturated heterocycles. The summed E-state index contributed by atoms with van der Waals surface area (Å²) in [7, 11) is -2.00. The van der Waals surface area contributed by atoms with Crippen molar-refractivity contribution in [2.75, 3.05) is 19.3 Å². The first-order valence-corrected chi connectivity index (χ1v) is 9.67. The summed E-state index contributed by atoms with van der Waals surface area (Å²) in [5.41, 5.74) is 0.622. The number of benzene rings is 1. The molecule has 0 spiro atoms. The summed E-state index contributed by atoms with van der Waals surface area (Å²) in [4.78, 5) is 12.3. The number of aliphatic carboxylic acids is 1. The monoisotopic (exact) mass is 321 g/mol. The molecule has 1 aromatic carbocycles. The van der Waals surface area contributed by atoms with Gasteiger partial charge < -0.3 is 5.11 Å². The molecule has 3 rings (SSSR count). The van der Waals surface area contributed by atoms with Gasteiger partial charge in [-0.2, -0.15) is 5.10 Å². The van der Waals surface area contributed by atoms with Crippen molar-refractivity contribution in [1.82, 2.24) is 5.01 Å². The average Bonchev–Trinajstić information content (AvgIpc) is 3.24. The van der Waals surface area contributed by atoms with Crippen molar-refractivity contribution in [3.63, 3.8) is 0 Å². The van der Waals surface area contributed by atoms with Crippen LogP contribution in [-0.4, -0.2) is 46.4 Å². The zero-order valence-electron chi connectivity index (χ0n) is 12.7. The van der Waals surface area contributed by atoms with Gasteiger partial charge >= 0.3 is 5.97 Å². The Morgan fingerprint density at radius 3 is 2.32 bits per heavy atom. The number of hydrazone groups is 1. The predicted octanol–water partition coefficient (Wildman–Crippen LogP) is 2.22. The van der Waals surface area contributed by atoms with E-state index in [4.69, 9.17) is 0 Å². The molecule has 0 aromatic heterocycles. The Kier molecular flexibility index (Phi) is 4.04. The lowest BCUT2D eigenvalue weighted by Crippen LogP contribution is -2.22. The van der Waals surface area contributed by atoms with Crippen LogP contribution in [0.5, 0.6) is 0 Å². The highest BCUT2D eigenvalue weighted by Gasteiger charge is 2.44. The quantitative estimate of drug-likeness (QED) is 0.667. The van der Waals surface area contributed by atoms with Crippen LogP contribution in [0.4, 0.5) is 0 Å². The highest BCUT2D eigenvalue weighted by molar-refractivity contribution is 8.03. The smallest absolute Gasteiger partial charge is 0.356 e. The van der Waals surface area contributed by atoms with Gasteiger partial charge in [-0.15, -0.1) is 0 Å². The minimum atomic E-state index is -2.00. The third-order valence-electron chi connectivity index (χ3n) is 4.28. The van der Waals surface area contributed by atoms with E-state index in [-0.39, 0.29) is 11.0 Å². The van der Waals surface area contributed by atoms with Gasteiger partial charge in [0.2, 0.25) is 0 Å². The van der Waals surface area contributed by atoms with Crippen molar-refractivity contribution in [2.45, 2.75) is 35.8 Å². The highest BCUT2D eigenvalue weighted by atomic mass is 32.2. The molecule has 1 aliphatic carbocycles. The summed E-state index contributed by atoms with van der Waals surface area (Å²) in [6, 6.07) is 7.03. The zero-order chi connectivity index (χ0) is 15.7. The van der Waals surface area contributed by atoms with E-state index in [2.05, 4.69) is 5.10 Å². The summed E-state index contributed by atoms with van der Waals surface area (Å²) < 4.78 is 12.7. The van der Waals surface area contributed by atoms with Crippen molar-refractivity contribution in [1.29, 1.82) is 0 Å². The van der Waals surface area contributed by atoms with Gasteiger partial charge in [0, 0.05) is 18.7 Å². The van der Waals surface area contributed by atoms with Crippen LogP contribution < -0.4 is 0 Å². The molecule has 0 radical (unpaired) electrons. The van der Waals surface area contributed by atoms with E-state index >= 15 is 0 Å². The number of hydrogen-bond acceptors (Lipinski definition) is 4. The number of carboxylic acid groups (broad SMARTS) is 1. The van der Waals surface area contributed by atoms with E-state index < -0.39 is 15.9 Å². The summed E-state index contributed by atoms with van der Waals surface area (Å²) >= 11 is 0. The van der Waals surface area contributed by atoms with Gasteiger partial charge in [0.05, 0.1) is 0 Å². The van der Waals surface area contributed by atoms with Crippen molar-refractivity contribution in [3.05, 3.63) is 29.8 Å². The molecular formula is C16H21N2O3S+. The van der Waals surface area contributed by atoms with Crippen LogP contribution in [0.25, 0.3) is 0 Å². The lowest BCUT2D eigenvalue weighted by molar-refractivity contribution is -0.129. The number of carbonyl (C=O) groups is 1. The van der Waals surface area contributed by atoms with E-state index in [9.17, 15) is 14.1 Å². The molecule has 118 valence electrons. The normalized spacial score (nSPS) is 21.7. The van der Waals surface area contributed by atoms with E-state index in [1.54, 1.807) is 30.5 Å². The molecule has 2 fully saturated rings. The van der Waals surface area contributed by atoms with Crippen LogP contribution in [0.2, 0.25) is 0 Å². The predicted molar refractivity (Wildman–Crippen MR) is 86.7 cm³/mol. The molecular weight excluding hydrogens is 300 g/mol. The molecule has 0 amide bonds. The van der Waals surface area contributed by atoms with E-state index in [1.807, 2.05) is 5.01 Å². The minimum absolute atomic E-state index is 0.0578. The van der Waals surface area contributed by atoms with Crippen LogP contribution in [0.3, 0.4) is 0 Å². The van der Waals surface area contributed by atoms with Crippen molar-refractivity contribution in [3.8, 4) is 0 Å². The van der Waals surface area contributed by atoms with Crippen molar-refractivity contribution < 1.29 is 14.1 Å². The molecule has 1 N–H and O–H groups in total. The summed E-state index contributed by atoms with van der Waals surface area (Å²) in [5, 5.41) is 15.8. The molecule has 6 heteroatoms. The van der Waals surface area contributed by atoms with Gasteiger partial charge in [-0.25, -0.2) is 4.79 Å². The molecule has 1 atom stereocenters. The van der Waals surface area contributed by atoms with Crippen LogP contribution in [0.15, 0.2) is 34.3 Å².